The molecule has 59 nitrogen and oxygen atoms in total. The van der Waals surface area contributed by atoms with Gasteiger partial charge in [-0.3, -0.25) is 4.79 Å². The topological polar surface area (TPSA) is 976 Å². The van der Waals surface area contributed by atoms with Gasteiger partial charge in [-0.1, -0.05) is 0 Å². The number of aliphatic carboxylic acids is 1. The van der Waals surface area contributed by atoms with Gasteiger partial charge in [0.2, 0.25) is 5.91 Å². The van der Waals surface area contributed by atoms with Crippen LogP contribution in [0.2, 0.25) is 0 Å². The number of aliphatic hydroxyl groups is 35. The second-order valence-corrected chi connectivity index (χ2v) is 32.3. The molecular formula is C69H118N2O57. The van der Waals surface area contributed by atoms with Crippen LogP contribution in [-0.2, 0) is 99.6 Å². The number of rotatable bonds is 36. The van der Waals surface area contributed by atoms with Crippen LogP contribution in [0.3, 0.4) is 0 Å². The van der Waals surface area contributed by atoms with Gasteiger partial charge in [0.05, 0.1) is 78.2 Å². The highest BCUT2D eigenvalue weighted by Crippen LogP contribution is 2.43. The van der Waals surface area contributed by atoms with E-state index in [4.69, 9.17) is 95.7 Å². The number of carbonyl (C=O) groups is 2. The number of ether oxygens (including phenoxy) is 19. The Hall–Kier alpha value is -3.26. The van der Waals surface area contributed by atoms with Gasteiger partial charge in [0, 0.05) is 13.3 Å². The number of carboxylic acids is 1. The molecular weight excluding hydrogens is 1770 g/mol. The molecule has 10 fully saturated rings. The molecule has 10 saturated heterocycles. The molecule has 128 heavy (non-hydrogen) atoms. The maximum Gasteiger partial charge on any atom is 0.364 e. The van der Waals surface area contributed by atoms with Crippen LogP contribution >= 0.6 is 0 Å². The molecule has 10 heterocycles. The molecule has 0 saturated carbocycles. The number of carboxylic acid groups (broad SMARTS) is 1. The first-order valence-electron chi connectivity index (χ1n) is 40.3. The zero-order valence-corrected chi connectivity index (χ0v) is 67.2. The van der Waals surface area contributed by atoms with E-state index < -0.39 is 421 Å². The molecule has 0 aliphatic carbocycles. The average molecular weight is 1890 g/mol. The highest BCUT2D eigenvalue weighted by Gasteiger charge is 2.64. The third-order valence-electron chi connectivity index (χ3n) is 23.6. The summed E-state index contributed by atoms with van der Waals surface area (Å²) in [6.07, 6.45) is -126. The molecule has 0 bridgehead atoms. The Morgan fingerprint density at radius 3 is 1.24 bits per heavy atom. The summed E-state index contributed by atoms with van der Waals surface area (Å²) in [6, 6.07) is -3.48. The number of hydrogen-bond acceptors (Lipinski definition) is 57. The van der Waals surface area contributed by atoms with Crippen molar-refractivity contribution >= 4 is 11.9 Å². The fourth-order valence-corrected chi connectivity index (χ4v) is 16.2. The molecule has 10 rings (SSSR count). The van der Waals surface area contributed by atoms with E-state index in [1.807, 2.05) is 0 Å². The maximum atomic E-state index is 13.1. The number of aliphatic hydroxyl groups excluding tert-OH is 34. The molecule has 59 heteroatoms. The largest absolute Gasteiger partial charge is 0.477 e. The zero-order chi connectivity index (χ0) is 94.8. The molecule has 39 N–H and O–H groups in total. The van der Waals surface area contributed by atoms with Crippen LogP contribution in [0.1, 0.15) is 13.3 Å². The van der Waals surface area contributed by atoms with Crippen LogP contribution in [0.15, 0.2) is 0 Å². The predicted octanol–water partition coefficient (Wildman–Crippen LogP) is -26.0. The highest BCUT2D eigenvalue weighted by atomic mass is 16.8. The molecule has 0 aromatic rings. The normalized spacial score (nSPS) is 49.6. The van der Waals surface area contributed by atoms with Crippen molar-refractivity contribution in [1.29, 1.82) is 0 Å². The predicted molar refractivity (Wildman–Crippen MR) is 384 cm³/mol. The van der Waals surface area contributed by atoms with Crippen molar-refractivity contribution in [2.24, 2.45) is 5.73 Å². The minimum absolute atomic E-state index is 0.924. The third-order valence-corrected chi connectivity index (χ3v) is 23.6. The Balaban J connectivity index is 1.05. The van der Waals surface area contributed by atoms with Gasteiger partial charge >= 0.3 is 5.97 Å². The molecule has 10 aliphatic heterocycles. The third kappa shape index (κ3) is 22.8. The lowest BCUT2D eigenvalue weighted by atomic mass is 9.91. The smallest absolute Gasteiger partial charge is 0.364 e. The summed E-state index contributed by atoms with van der Waals surface area (Å²) in [5.41, 5.74) is 5.98. The molecule has 0 spiro atoms. The summed E-state index contributed by atoms with van der Waals surface area (Å²) in [7, 11) is 0. The Morgan fingerprint density at radius 2 is 0.719 bits per heavy atom. The molecule has 55 atom stereocenters. The molecule has 10 aliphatic rings. The molecule has 1 unspecified atom stereocenters. The fraction of sp³-hybridized carbons (Fsp3) is 0.971. The van der Waals surface area contributed by atoms with E-state index in [0.29, 0.717) is 0 Å². The first-order valence-corrected chi connectivity index (χ1v) is 40.3. The van der Waals surface area contributed by atoms with Crippen molar-refractivity contribution in [2.75, 3.05) is 66.1 Å². The molecule has 0 radical (unpaired) electrons. The van der Waals surface area contributed by atoms with E-state index in [2.05, 4.69) is 5.32 Å². The second-order valence-electron chi connectivity index (χ2n) is 32.3. The average Bonchev–Trinajstić information content (AvgIpc) is 0.751. The van der Waals surface area contributed by atoms with Crippen LogP contribution in [0, 0.1) is 0 Å². The van der Waals surface area contributed by atoms with Crippen LogP contribution in [0.4, 0.5) is 0 Å². The van der Waals surface area contributed by atoms with Crippen LogP contribution < -0.4 is 11.1 Å². The number of carbonyl (C=O) groups excluding carboxylic acids is 1. The van der Waals surface area contributed by atoms with E-state index >= 15 is 0 Å². The Morgan fingerprint density at radius 1 is 0.352 bits per heavy atom. The minimum atomic E-state index is -3.47. The van der Waals surface area contributed by atoms with Crippen molar-refractivity contribution in [1.82, 2.24) is 5.32 Å². The lowest BCUT2D eigenvalue weighted by molar-refractivity contribution is -0.419. The van der Waals surface area contributed by atoms with Crippen LogP contribution in [0.25, 0.3) is 0 Å². The number of nitrogens with one attached hydrogen (secondary N) is 1. The van der Waals surface area contributed by atoms with Gasteiger partial charge in [-0.15, -0.1) is 0 Å². The first kappa shape index (κ1) is 107. The highest BCUT2D eigenvalue weighted by molar-refractivity contribution is 5.75. The van der Waals surface area contributed by atoms with Gasteiger partial charge < -0.3 is 285 Å². The van der Waals surface area contributed by atoms with E-state index in [-0.39, 0.29) is 0 Å². The van der Waals surface area contributed by atoms with Gasteiger partial charge in [0.1, 0.15) is 262 Å². The molecule has 746 valence electrons. The Kier molecular flexibility index (Phi) is 38.2. The Bertz CT molecular complexity index is 3390. The van der Waals surface area contributed by atoms with E-state index in [1.165, 1.54) is 0 Å². The number of hydrogen-bond donors (Lipinski definition) is 38. The van der Waals surface area contributed by atoms with Crippen molar-refractivity contribution in [3.8, 4) is 0 Å². The van der Waals surface area contributed by atoms with Crippen molar-refractivity contribution < 1.29 is 283 Å². The van der Waals surface area contributed by atoms with E-state index in [1.54, 1.807) is 0 Å². The Labute approximate surface area is 720 Å². The quantitative estimate of drug-likeness (QED) is 0.0277. The summed E-state index contributed by atoms with van der Waals surface area (Å²) in [5.74, 6) is -6.64. The van der Waals surface area contributed by atoms with Gasteiger partial charge in [-0.25, -0.2) is 4.79 Å². The summed E-state index contributed by atoms with van der Waals surface area (Å²) >= 11 is 0. The van der Waals surface area contributed by atoms with Crippen LogP contribution in [0.5, 0.6) is 0 Å². The maximum absolute atomic E-state index is 13.1. The van der Waals surface area contributed by atoms with Crippen molar-refractivity contribution in [3.05, 3.63) is 0 Å². The fourth-order valence-electron chi connectivity index (χ4n) is 16.2. The summed E-state index contributed by atoms with van der Waals surface area (Å²) in [4.78, 5) is 25.0. The van der Waals surface area contributed by atoms with E-state index in [0.717, 1.165) is 6.92 Å². The molecule has 0 aromatic heterocycles. The van der Waals surface area contributed by atoms with E-state index in [9.17, 15) is 193 Å². The van der Waals surface area contributed by atoms with Gasteiger partial charge in [-0.2, -0.15) is 0 Å². The van der Waals surface area contributed by atoms with Gasteiger partial charge in [-0.05, 0) is 0 Å². The van der Waals surface area contributed by atoms with Crippen molar-refractivity contribution in [3.63, 3.8) is 0 Å². The number of amides is 1. The lowest BCUT2D eigenvalue weighted by Crippen LogP contribution is -2.71. The SMILES string of the molecule is CC(=O)N[C@H]1[C@H](O[C@H]2[C@H](O)[C@H](O)[C@@H](OC[C@H]3O[C@@H](O[C@H]4[C@H](O[C@H]5O[C@H]([C@@H](O)CO)[C@@H](O)[C@H](O)[C@@H]5O[C@H]5O[C@H]([C@@H](O)CO[C@H]6O[C@H](CO)[C@@H](O)[C@H](O)[C@H]6N)[C@@H](O)[C@H](O)[C@@H]5O)[C@H](O)[C@@H](O[C@H]5[C@@H]([C@H](O)CO)OC(O)(C(=O)O)C[C@H]5O)O[C@@H]4[C@H](CO)O[C@H]4O[C@H]([C@@H](O)CO)[C@@H](O)[C@H](O)[C@@H]4O)[C@H](O)[C@@H](O)[C@@H]3O)O[C@@H]2[C@H](CO)O[C@H]2O[C@H](CO)[C@H](O)[C@H](O)[C@H]2O)O[C@H](CO)[C@H](O)[C@@H]1O. The standard InChI is InChI=1S/C69H118N2O57/c1-13(80)71-26-32(91)28(87)20(7-76)113-60(26)124-55-41(100)46(105)61(122-53(55)22(9-78)115-62-42(101)33(92)29(88)21(8-77)114-62)111-12-24-30(89)34(93)43(102)64(117-24)127-58-54(23(10-79)116-63-44(103)35(94)37(96)48(118-63)15(82)3-72)123-66(121-51-14(81)2-69(109,68(107)108)128-52(51)17(84)5-74)47(106)56(58)125-67-57(40(99)39(98)49(120-67)16(83)4-73)126-65-45(104)36(95)38(97)50(119-65)18(85)11-110-59-25(70)31(90)27(86)19(6-75)112-59/h14-67,72-79,81-106,109H,2-12,70H2,1H3,(H,71,80)(H,107,108)/t14-,15+,16+,17-,18+,19-,20-,21-,22+,23+,24-,25-,26-,27-,28+,29+,30-,31-,32-,33+,34+,35+,36+,37+,38+,39+,40+,41-,42-,43-,44+,45+,46+,47+,48-,49-,50-,51-,52-,53-,54-,55+,56-,57+,58-,59+,60+,61+,62-,63+,64+,65-,66+,67-,69?/m1/s1. The summed E-state index contributed by atoms with van der Waals surface area (Å²) < 4.78 is 111. The summed E-state index contributed by atoms with van der Waals surface area (Å²) in [5, 5.41) is 403. The zero-order valence-electron chi connectivity index (χ0n) is 67.2. The monoisotopic (exact) mass is 1890 g/mol. The van der Waals surface area contributed by atoms with Crippen molar-refractivity contribution in [2.45, 2.75) is 350 Å². The summed E-state index contributed by atoms with van der Waals surface area (Å²) in [6.45, 7) is -11.8. The molecule has 1 amide bonds. The van der Waals surface area contributed by atoms with Crippen LogP contribution in [-0.4, -0.2) is 599 Å². The molecule has 0 aromatic carbocycles. The van der Waals surface area contributed by atoms with Gasteiger partial charge in [0.25, 0.3) is 5.79 Å². The second kappa shape index (κ2) is 45.8. The first-order chi connectivity index (χ1) is 60.3. The van der Waals surface area contributed by atoms with Gasteiger partial charge in [0.15, 0.2) is 56.6 Å². The minimum Gasteiger partial charge on any atom is -0.477 e. The number of nitrogens with two attached hydrogens (primary N) is 1. The lowest BCUT2D eigenvalue weighted by Gasteiger charge is -2.53.